The molecule has 1 heterocycles. The second kappa shape index (κ2) is 4.37. The molecule has 1 aromatic carbocycles. The van der Waals surface area contributed by atoms with Crippen LogP contribution in [0.5, 0.6) is 0 Å². The van der Waals surface area contributed by atoms with E-state index in [1.807, 2.05) is 25.1 Å². The van der Waals surface area contributed by atoms with Crippen LogP contribution in [0.4, 0.5) is 5.69 Å². The average Bonchev–Trinajstić information content (AvgIpc) is 2.23. The Hall–Kier alpha value is -0.550. The Morgan fingerprint density at radius 1 is 1.25 bits per heavy atom. The van der Waals surface area contributed by atoms with Crippen LogP contribution < -0.4 is 4.90 Å². The number of anilines is 1. The van der Waals surface area contributed by atoms with Crippen LogP contribution in [-0.2, 0) is 9.84 Å². The second-order valence-corrected chi connectivity index (χ2v) is 7.14. The predicted octanol–water partition coefficient (Wildman–Crippen LogP) is 1.99. The van der Waals surface area contributed by atoms with Crippen molar-refractivity contribution in [3.8, 4) is 0 Å². The Kier molecular flexibility index (Phi) is 3.26. The molecular weight excluding hydrogens is 290 g/mol. The fourth-order valence-corrected chi connectivity index (χ4v) is 3.55. The smallest absolute Gasteiger partial charge is 0.153 e. The van der Waals surface area contributed by atoms with Gasteiger partial charge in [0.2, 0.25) is 0 Å². The standard InChI is InChI=1S/C11H14BrNO2S/c1-9-3-2-4-10(11(9)12)13-5-7-16(14,15)8-6-13/h2-4H,5-8H2,1H3. The van der Waals surface area contributed by atoms with Gasteiger partial charge < -0.3 is 4.90 Å². The van der Waals surface area contributed by atoms with Crippen molar-refractivity contribution >= 4 is 31.5 Å². The lowest BCUT2D eigenvalue weighted by Crippen LogP contribution is -2.40. The minimum Gasteiger partial charge on any atom is -0.369 e. The second-order valence-electron chi connectivity index (χ2n) is 4.05. The Morgan fingerprint density at radius 2 is 1.88 bits per heavy atom. The molecule has 3 nitrogen and oxygen atoms in total. The number of benzene rings is 1. The molecule has 0 aromatic heterocycles. The highest BCUT2D eigenvalue weighted by Crippen LogP contribution is 2.30. The Bertz CT molecular complexity index is 485. The molecule has 1 saturated heterocycles. The maximum absolute atomic E-state index is 11.3. The molecule has 0 atom stereocenters. The summed E-state index contributed by atoms with van der Waals surface area (Å²) in [5.41, 5.74) is 2.26. The average molecular weight is 304 g/mol. The molecule has 0 saturated carbocycles. The highest BCUT2D eigenvalue weighted by Gasteiger charge is 2.22. The summed E-state index contributed by atoms with van der Waals surface area (Å²) in [5.74, 6) is 0.515. The van der Waals surface area contributed by atoms with Gasteiger partial charge in [0.25, 0.3) is 0 Å². The van der Waals surface area contributed by atoms with Crippen molar-refractivity contribution in [2.24, 2.45) is 0 Å². The Balaban J connectivity index is 2.24. The lowest BCUT2D eigenvalue weighted by molar-refractivity contribution is 0.586. The van der Waals surface area contributed by atoms with Gasteiger partial charge in [-0.1, -0.05) is 12.1 Å². The molecule has 0 bridgehead atoms. The van der Waals surface area contributed by atoms with Crippen LogP contribution in [0.15, 0.2) is 22.7 Å². The van der Waals surface area contributed by atoms with Crippen molar-refractivity contribution < 1.29 is 8.42 Å². The minimum atomic E-state index is -2.80. The summed E-state index contributed by atoms with van der Waals surface area (Å²) in [5, 5.41) is 0. The third-order valence-electron chi connectivity index (χ3n) is 2.86. The van der Waals surface area contributed by atoms with Crippen LogP contribution in [0.1, 0.15) is 5.56 Å². The molecule has 0 spiro atoms. The molecule has 0 N–H and O–H groups in total. The van der Waals surface area contributed by atoms with E-state index in [1.165, 1.54) is 5.56 Å². The Labute approximate surface area is 105 Å². The molecule has 1 aliphatic heterocycles. The Morgan fingerprint density at radius 3 is 2.50 bits per heavy atom. The van der Waals surface area contributed by atoms with E-state index in [9.17, 15) is 8.42 Å². The van der Waals surface area contributed by atoms with Gasteiger partial charge in [-0.25, -0.2) is 8.42 Å². The molecule has 16 heavy (non-hydrogen) atoms. The van der Waals surface area contributed by atoms with Crippen molar-refractivity contribution in [2.45, 2.75) is 6.92 Å². The summed E-state index contributed by atoms with van der Waals surface area (Å²) in [4.78, 5) is 2.12. The van der Waals surface area contributed by atoms with Gasteiger partial charge in [0, 0.05) is 17.6 Å². The van der Waals surface area contributed by atoms with Crippen LogP contribution >= 0.6 is 15.9 Å². The van der Waals surface area contributed by atoms with Gasteiger partial charge in [-0.05, 0) is 34.5 Å². The van der Waals surface area contributed by atoms with E-state index in [4.69, 9.17) is 0 Å². The summed E-state index contributed by atoms with van der Waals surface area (Å²) >= 11 is 3.55. The first-order valence-electron chi connectivity index (χ1n) is 5.20. The monoisotopic (exact) mass is 303 g/mol. The highest BCUT2D eigenvalue weighted by atomic mass is 79.9. The van der Waals surface area contributed by atoms with Crippen molar-refractivity contribution in [3.05, 3.63) is 28.2 Å². The molecule has 0 unspecified atom stereocenters. The van der Waals surface area contributed by atoms with Gasteiger partial charge >= 0.3 is 0 Å². The quantitative estimate of drug-likeness (QED) is 0.796. The van der Waals surface area contributed by atoms with Crippen LogP contribution in [0, 0.1) is 6.92 Å². The van der Waals surface area contributed by atoms with E-state index in [0.29, 0.717) is 13.1 Å². The summed E-state index contributed by atoms with van der Waals surface area (Å²) in [7, 11) is -2.80. The maximum atomic E-state index is 11.3. The molecular formula is C11H14BrNO2S. The first-order valence-corrected chi connectivity index (χ1v) is 7.81. The summed E-state index contributed by atoms with van der Waals surface area (Å²) in [6.45, 7) is 3.21. The largest absolute Gasteiger partial charge is 0.369 e. The maximum Gasteiger partial charge on any atom is 0.153 e. The number of hydrogen-bond acceptors (Lipinski definition) is 3. The van der Waals surface area contributed by atoms with E-state index in [0.717, 1.165) is 10.2 Å². The van der Waals surface area contributed by atoms with Crippen molar-refractivity contribution in [1.82, 2.24) is 0 Å². The van der Waals surface area contributed by atoms with E-state index in [-0.39, 0.29) is 11.5 Å². The highest BCUT2D eigenvalue weighted by molar-refractivity contribution is 9.10. The zero-order valence-corrected chi connectivity index (χ0v) is 11.5. The van der Waals surface area contributed by atoms with E-state index >= 15 is 0 Å². The molecule has 0 radical (unpaired) electrons. The summed E-state index contributed by atoms with van der Waals surface area (Å²) in [6, 6.07) is 6.06. The number of rotatable bonds is 1. The zero-order valence-electron chi connectivity index (χ0n) is 9.11. The third-order valence-corrected chi connectivity index (χ3v) is 5.50. The van der Waals surface area contributed by atoms with Gasteiger partial charge in [0.1, 0.15) is 0 Å². The molecule has 88 valence electrons. The topological polar surface area (TPSA) is 37.4 Å². The van der Waals surface area contributed by atoms with Crippen molar-refractivity contribution in [2.75, 3.05) is 29.5 Å². The first kappa shape index (κ1) is 11.9. The lowest BCUT2D eigenvalue weighted by Gasteiger charge is -2.29. The number of nitrogens with zero attached hydrogens (tertiary/aromatic N) is 1. The van der Waals surface area contributed by atoms with Crippen LogP contribution in [0.3, 0.4) is 0 Å². The number of hydrogen-bond donors (Lipinski definition) is 0. The summed E-state index contributed by atoms with van der Waals surface area (Å²) < 4.78 is 23.7. The van der Waals surface area contributed by atoms with E-state index in [2.05, 4.69) is 20.8 Å². The van der Waals surface area contributed by atoms with Gasteiger partial charge in [0.15, 0.2) is 9.84 Å². The molecule has 0 aliphatic carbocycles. The fourth-order valence-electron chi connectivity index (χ4n) is 1.83. The summed E-state index contributed by atoms with van der Waals surface area (Å²) in [6.07, 6.45) is 0. The van der Waals surface area contributed by atoms with Crippen LogP contribution in [0.25, 0.3) is 0 Å². The third kappa shape index (κ3) is 2.40. The predicted molar refractivity (Wildman–Crippen MR) is 69.7 cm³/mol. The molecule has 2 rings (SSSR count). The lowest BCUT2D eigenvalue weighted by atomic mass is 10.2. The number of aryl methyl sites for hydroxylation is 1. The van der Waals surface area contributed by atoms with Gasteiger partial charge in [-0.3, -0.25) is 0 Å². The van der Waals surface area contributed by atoms with Gasteiger partial charge in [0.05, 0.1) is 17.2 Å². The van der Waals surface area contributed by atoms with Crippen molar-refractivity contribution in [1.29, 1.82) is 0 Å². The SMILES string of the molecule is Cc1cccc(N2CCS(=O)(=O)CC2)c1Br. The van der Waals surface area contributed by atoms with E-state index < -0.39 is 9.84 Å². The van der Waals surface area contributed by atoms with Crippen LogP contribution in [0.2, 0.25) is 0 Å². The zero-order chi connectivity index (χ0) is 11.8. The minimum absolute atomic E-state index is 0.257. The van der Waals surface area contributed by atoms with Gasteiger partial charge in [-0.2, -0.15) is 0 Å². The van der Waals surface area contributed by atoms with Crippen molar-refractivity contribution in [3.63, 3.8) is 0 Å². The normalized spacial score (nSPS) is 19.8. The number of sulfone groups is 1. The number of halogens is 1. The molecule has 1 aromatic rings. The van der Waals surface area contributed by atoms with Gasteiger partial charge in [-0.15, -0.1) is 0 Å². The molecule has 5 heteroatoms. The van der Waals surface area contributed by atoms with E-state index in [1.54, 1.807) is 0 Å². The fraction of sp³-hybridized carbons (Fsp3) is 0.455. The first-order chi connectivity index (χ1) is 7.49. The molecule has 1 aliphatic rings. The van der Waals surface area contributed by atoms with Crippen LogP contribution in [-0.4, -0.2) is 33.0 Å². The molecule has 1 fully saturated rings. The molecule has 0 amide bonds.